The molecule has 0 fully saturated rings. The van der Waals surface area contributed by atoms with E-state index in [2.05, 4.69) is 15.4 Å². The first-order chi connectivity index (χ1) is 8.37. The van der Waals surface area contributed by atoms with Gasteiger partial charge in [-0.15, -0.1) is 0 Å². The van der Waals surface area contributed by atoms with Crippen molar-refractivity contribution in [3.05, 3.63) is 24.2 Å². The normalized spacial score (nSPS) is 11.7. The average Bonchev–Trinajstić information content (AvgIpc) is 2.56. The summed E-state index contributed by atoms with van der Waals surface area (Å²) in [5, 5.41) is 7.54. The summed E-state index contributed by atoms with van der Waals surface area (Å²) in [6.07, 6.45) is 3.69. The van der Waals surface area contributed by atoms with Crippen LogP contribution in [-0.2, 0) is 4.79 Å². The van der Waals surface area contributed by atoms with Gasteiger partial charge < -0.3 is 11.1 Å². The Bertz CT molecular complexity index is 587. The van der Waals surface area contributed by atoms with E-state index in [1.165, 1.54) is 0 Å². The number of nitrogens with two attached hydrogens (primary N) is 1. The van der Waals surface area contributed by atoms with Gasteiger partial charge in [-0.3, -0.25) is 4.79 Å². The summed E-state index contributed by atoms with van der Waals surface area (Å²) in [5.74, 6) is 0.355. The molecule has 0 aromatic carbocycles. The zero-order valence-electron chi connectivity index (χ0n) is 10.8. The number of carbonyl (C=O) groups is 1. The van der Waals surface area contributed by atoms with Crippen molar-refractivity contribution in [1.82, 2.24) is 14.6 Å². The van der Waals surface area contributed by atoms with Crippen LogP contribution in [0.5, 0.6) is 0 Å². The van der Waals surface area contributed by atoms with E-state index in [-0.39, 0.29) is 12.3 Å². The average molecular weight is 247 g/mol. The summed E-state index contributed by atoms with van der Waals surface area (Å²) >= 11 is 0. The summed E-state index contributed by atoms with van der Waals surface area (Å²) in [7, 11) is 0. The molecule has 0 atom stereocenters. The number of fused-ring (bicyclic) bond motifs is 1. The second-order valence-electron chi connectivity index (χ2n) is 5.04. The minimum atomic E-state index is -0.446. The van der Waals surface area contributed by atoms with E-state index in [1.807, 2.05) is 26.8 Å². The number of hydrogen-bond acceptors (Lipinski definition) is 4. The van der Waals surface area contributed by atoms with Crippen LogP contribution in [0.3, 0.4) is 0 Å². The number of nitrogens with one attached hydrogen (secondary N) is 1. The third kappa shape index (κ3) is 2.58. The predicted molar refractivity (Wildman–Crippen MR) is 69.2 cm³/mol. The molecule has 0 aliphatic rings. The molecule has 1 amide bonds. The van der Waals surface area contributed by atoms with E-state index in [0.29, 0.717) is 5.82 Å². The molecule has 0 saturated carbocycles. The zero-order valence-corrected chi connectivity index (χ0v) is 10.8. The summed E-state index contributed by atoms with van der Waals surface area (Å²) in [4.78, 5) is 15.3. The smallest absolute Gasteiger partial charge is 0.219 e. The van der Waals surface area contributed by atoms with Gasteiger partial charge in [0.2, 0.25) is 5.91 Å². The summed E-state index contributed by atoms with van der Waals surface area (Å²) in [6.45, 7) is 5.74. The van der Waals surface area contributed by atoms with Gasteiger partial charge in [-0.2, -0.15) is 5.10 Å². The standard InChI is InChI=1S/C12H17N5O/c1-8-6-9-11(14-4-5-17(9)16-8)15-12(2,3)7-10(13)18/h4-6H,7H2,1-3H3,(H2,13,18)(H,14,15). The number of rotatable bonds is 4. The number of amides is 1. The molecule has 18 heavy (non-hydrogen) atoms. The number of hydrogen-bond donors (Lipinski definition) is 2. The molecule has 2 aromatic heterocycles. The molecule has 0 unspecified atom stereocenters. The van der Waals surface area contributed by atoms with Crippen LogP contribution in [0.1, 0.15) is 26.0 Å². The Balaban J connectivity index is 2.34. The van der Waals surface area contributed by atoms with Gasteiger partial charge in [0.15, 0.2) is 5.82 Å². The Morgan fingerprint density at radius 2 is 2.28 bits per heavy atom. The maximum absolute atomic E-state index is 11.0. The molecule has 0 bridgehead atoms. The van der Waals surface area contributed by atoms with E-state index in [9.17, 15) is 4.79 Å². The molecule has 0 spiro atoms. The number of anilines is 1. The highest BCUT2D eigenvalue weighted by Crippen LogP contribution is 2.20. The fourth-order valence-corrected chi connectivity index (χ4v) is 1.94. The highest BCUT2D eigenvalue weighted by molar-refractivity contribution is 5.76. The molecular formula is C12H17N5O. The molecule has 96 valence electrons. The molecule has 3 N–H and O–H groups in total. The summed E-state index contributed by atoms with van der Waals surface area (Å²) in [6, 6.07) is 1.94. The van der Waals surface area contributed by atoms with Crippen molar-refractivity contribution in [2.24, 2.45) is 5.73 Å². The first-order valence-electron chi connectivity index (χ1n) is 5.75. The minimum Gasteiger partial charge on any atom is -0.370 e. The Kier molecular flexibility index (Phi) is 2.94. The first-order valence-corrected chi connectivity index (χ1v) is 5.75. The molecule has 6 heteroatoms. The topological polar surface area (TPSA) is 85.3 Å². The Morgan fingerprint density at radius 3 is 2.94 bits per heavy atom. The SMILES string of the molecule is Cc1cc2c(NC(C)(C)CC(N)=O)nccn2n1. The maximum atomic E-state index is 11.0. The predicted octanol–water partition coefficient (Wildman–Crippen LogP) is 1.10. The quantitative estimate of drug-likeness (QED) is 0.847. The lowest BCUT2D eigenvalue weighted by Gasteiger charge is -2.25. The van der Waals surface area contributed by atoms with Crippen LogP contribution >= 0.6 is 0 Å². The Labute approximate surface area is 105 Å². The van der Waals surface area contributed by atoms with Crippen molar-refractivity contribution < 1.29 is 4.79 Å². The van der Waals surface area contributed by atoms with Gasteiger partial charge in [0.05, 0.1) is 5.69 Å². The monoisotopic (exact) mass is 247 g/mol. The van der Waals surface area contributed by atoms with Crippen molar-refractivity contribution >= 4 is 17.2 Å². The molecule has 6 nitrogen and oxygen atoms in total. The van der Waals surface area contributed by atoms with Gasteiger partial charge in [0.25, 0.3) is 0 Å². The summed E-state index contributed by atoms with van der Waals surface area (Å²) < 4.78 is 1.75. The fraction of sp³-hybridized carbons (Fsp3) is 0.417. The van der Waals surface area contributed by atoms with E-state index in [4.69, 9.17) is 5.73 Å². The van der Waals surface area contributed by atoms with Crippen LogP contribution in [-0.4, -0.2) is 26.0 Å². The van der Waals surface area contributed by atoms with Gasteiger partial charge >= 0.3 is 0 Å². The van der Waals surface area contributed by atoms with Crippen molar-refractivity contribution in [2.75, 3.05) is 5.32 Å². The van der Waals surface area contributed by atoms with Gasteiger partial charge in [-0.05, 0) is 26.8 Å². The Morgan fingerprint density at radius 1 is 1.56 bits per heavy atom. The van der Waals surface area contributed by atoms with Crippen molar-refractivity contribution in [2.45, 2.75) is 32.7 Å². The summed E-state index contributed by atoms with van der Waals surface area (Å²) in [5.41, 5.74) is 6.58. The van der Waals surface area contributed by atoms with Crippen LogP contribution in [0.15, 0.2) is 18.5 Å². The number of aryl methyl sites for hydroxylation is 1. The highest BCUT2D eigenvalue weighted by atomic mass is 16.1. The van der Waals surface area contributed by atoms with Crippen LogP contribution in [0.2, 0.25) is 0 Å². The van der Waals surface area contributed by atoms with E-state index in [0.717, 1.165) is 11.2 Å². The number of primary amides is 1. The maximum Gasteiger partial charge on any atom is 0.219 e. The van der Waals surface area contributed by atoms with E-state index in [1.54, 1.807) is 16.9 Å². The van der Waals surface area contributed by atoms with Crippen molar-refractivity contribution in [1.29, 1.82) is 0 Å². The van der Waals surface area contributed by atoms with Crippen molar-refractivity contribution in [3.8, 4) is 0 Å². The number of nitrogens with zero attached hydrogens (tertiary/aromatic N) is 3. The first kappa shape index (κ1) is 12.3. The van der Waals surface area contributed by atoms with Crippen LogP contribution in [0.25, 0.3) is 5.52 Å². The lowest BCUT2D eigenvalue weighted by Crippen LogP contribution is -2.36. The lowest BCUT2D eigenvalue weighted by atomic mass is 10.0. The lowest BCUT2D eigenvalue weighted by molar-refractivity contribution is -0.118. The van der Waals surface area contributed by atoms with Gasteiger partial charge in [0.1, 0.15) is 5.52 Å². The largest absolute Gasteiger partial charge is 0.370 e. The van der Waals surface area contributed by atoms with Crippen molar-refractivity contribution in [3.63, 3.8) is 0 Å². The molecule has 0 aliphatic carbocycles. The second kappa shape index (κ2) is 4.29. The van der Waals surface area contributed by atoms with Gasteiger partial charge in [-0.1, -0.05) is 0 Å². The zero-order chi connectivity index (χ0) is 13.3. The third-order valence-corrected chi connectivity index (χ3v) is 2.58. The van der Waals surface area contributed by atoms with Crippen LogP contribution < -0.4 is 11.1 Å². The van der Waals surface area contributed by atoms with Crippen LogP contribution in [0.4, 0.5) is 5.82 Å². The van der Waals surface area contributed by atoms with E-state index >= 15 is 0 Å². The second-order valence-corrected chi connectivity index (χ2v) is 5.04. The number of carbonyl (C=O) groups excluding carboxylic acids is 1. The molecule has 2 rings (SSSR count). The molecular weight excluding hydrogens is 230 g/mol. The molecule has 2 heterocycles. The van der Waals surface area contributed by atoms with E-state index < -0.39 is 5.54 Å². The fourth-order valence-electron chi connectivity index (χ4n) is 1.94. The van der Waals surface area contributed by atoms with Crippen LogP contribution in [0, 0.1) is 6.92 Å². The molecule has 0 aliphatic heterocycles. The minimum absolute atomic E-state index is 0.239. The van der Waals surface area contributed by atoms with Gasteiger partial charge in [0, 0.05) is 24.4 Å². The molecule has 2 aromatic rings. The molecule has 0 radical (unpaired) electrons. The molecule has 0 saturated heterocycles. The Hall–Kier alpha value is -2.11. The van der Waals surface area contributed by atoms with Gasteiger partial charge in [-0.25, -0.2) is 9.50 Å². The number of aromatic nitrogens is 3. The highest BCUT2D eigenvalue weighted by Gasteiger charge is 2.22. The third-order valence-electron chi connectivity index (χ3n) is 2.58.